The van der Waals surface area contributed by atoms with Gasteiger partial charge < -0.3 is 0 Å². The Morgan fingerprint density at radius 2 is 2.00 bits per heavy atom. The van der Waals surface area contributed by atoms with Crippen LogP contribution in [0.1, 0.15) is 37.7 Å². The molecule has 0 spiro atoms. The summed E-state index contributed by atoms with van der Waals surface area (Å²) < 4.78 is 14.0. The van der Waals surface area contributed by atoms with E-state index in [1.807, 2.05) is 6.07 Å². The van der Waals surface area contributed by atoms with Gasteiger partial charge in [0.15, 0.2) is 0 Å². The first-order chi connectivity index (χ1) is 8.18. The molecule has 0 saturated heterocycles. The molecule has 0 bridgehead atoms. The van der Waals surface area contributed by atoms with Crippen LogP contribution in [0, 0.1) is 11.7 Å². The van der Waals surface area contributed by atoms with Gasteiger partial charge in [0, 0.05) is 4.83 Å². The molecule has 1 aliphatic rings. The lowest BCUT2D eigenvalue weighted by Crippen LogP contribution is -2.11. The zero-order valence-corrected chi connectivity index (χ0v) is 12.9. The van der Waals surface area contributed by atoms with Crippen LogP contribution >= 0.6 is 31.9 Å². The summed E-state index contributed by atoms with van der Waals surface area (Å²) in [7, 11) is 0. The van der Waals surface area contributed by atoms with Crippen molar-refractivity contribution in [1.82, 2.24) is 0 Å². The quantitative estimate of drug-likeness (QED) is 0.622. The molecule has 3 heteroatoms. The van der Waals surface area contributed by atoms with Crippen molar-refractivity contribution in [3.63, 3.8) is 0 Å². The van der Waals surface area contributed by atoms with E-state index in [1.165, 1.54) is 31.7 Å². The van der Waals surface area contributed by atoms with E-state index in [0.717, 1.165) is 24.3 Å². The van der Waals surface area contributed by atoms with Gasteiger partial charge in [0.2, 0.25) is 0 Å². The van der Waals surface area contributed by atoms with Crippen molar-refractivity contribution < 1.29 is 4.39 Å². The summed E-state index contributed by atoms with van der Waals surface area (Å²) in [5.41, 5.74) is 1.08. The lowest BCUT2D eigenvalue weighted by atomic mass is 9.98. The van der Waals surface area contributed by atoms with Crippen molar-refractivity contribution in [1.29, 1.82) is 0 Å². The Labute approximate surface area is 119 Å². The Bertz CT molecular complexity index is 372. The normalized spacial score (nSPS) is 18.5. The number of benzene rings is 1. The lowest BCUT2D eigenvalue weighted by Gasteiger charge is -2.17. The van der Waals surface area contributed by atoms with Crippen molar-refractivity contribution in [3.8, 4) is 0 Å². The van der Waals surface area contributed by atoms with E-state index < -0.39 is 0 Å². The van der Waals surface area contributed by atoms with E-state index in [4.69, 9.17) is 0 Å². The molecule has 0 amide bonds. The molecular formula is C14H17Br2F. The van der Waals surface area contributed by atoms with Crippen LogP contribution in [0.25, 0.3) is 0 Å². The SMILES string of the molecule is Fc1cccc(CCC(Br)C2CCCC2)c1Br. The fraction of sp³-hybridized carbons (Fsp3) is 0.571. The molecule has 1 aliphatic carbocycles. The summed E-state index contributed by atoms with van der Waals surface area (Å²) in [6.07, 6.45) is 7.46. The molecular weight excluding hydrogens is 347 g/mol. The van der Waals surface area contributed by atoms with E-state index in [0.29, 0.717) is 9.30 Å². The van der Waals surface area contributed by atoms with E-state index >= 15 is 0 Å². The molecule has 0 N–H and O–H groups in total. The van der Waals surface area contributed by atoms with Crippen LogP contribution in [0.5, 0.6) is 0 Å². The minimum Gasteiger partial charge on any atom is -0.206 e. The standard InChI is InChI=1S/C14H17Br2F/c15-12(10-4-1-2-5-10)9-8-11-6-3-7-13(17)14(11)16/h3,6-7,10,12H,1-2,4-5,8-9H2. The number of hydrogen-bond acceptors (Lipinski definition) is 0. The van der Waals surface area contributed by atoms with Gasteiger partial charge in [-0.25, -0.2) is 4.39 Å². The number of alkyl halides is 1. The number of hydrogen-bond donors (Lipinski definition) is 0. The van der Waals surface area contributed by atoms with Gasteiger partial charge in [-0.05, 0) is 59.2 Å². The Hall–Kier alpha value is 0.110. The van der Waals surface area contributed by atoms with Crippen LogP contribution in [0.3, 0.4) is 0 Å². The van der Waals surface area contributed by atoms with Gasteiger partial charge in [0.25, 0.3) is 0 Å². The maximum absolute atomic E-state index is 13.3. The highest BCUT2D eigenvalue weighted by Crippen LogP contribution is 2.34. The first-order valence-corrected chi connectivity index (χ1v) is 7.96. The average molecular weight is 364 g/mol. The highest BCUT2D eigenvalue weighted by Gasteiger charge is 2.22. The number of halogens is 3. The molecule has 17 heavy (non-hydrogen) atoms. The minimum absolute atomic E-state index is 0.158. The van der Waals surface area contributed by atoms with Gasteiger partial charge in [0.05, 0.1) is 4.47 Å². The van der Waals surface area contributed by atoms with Gasteiger partial charge >= 0.3 is 0 Å². The summed E-state index contributed by atoms with van der Waals surface area (Å²) in [6.45, 7) is 0. The van der Waals surface area contributed by atoms with E-state index in [-0.39, 0.29) is 5.82 Å². The zero-order valence-electron chi connectivity index (χ0n) is 9.76. The predicted octanol–water partition coefficient (Wildman–Crippen LogP) is 5.47. The molecule has 1 aromatic rings. The van der Waals surface area contributed by atoms with Crippen LogP contribution in [0.15, 0.2) is 22.7 Å². The Morgan fingerprint density at radius 1 is 1.29 bits per heavy atom. The fourth-order valence-electron chi connectivity index (χ4n) is 2.59. The summed E-state index contributed by atoms with van der Waals surface area (Å²) in [5, 5.41) is 0. The number of aryl methyl sites for hydroxylation is 1. The molecule has 0 aromatic heterocycles. The van der Waals surface area contributed by atoms with Crippen LogP contribution in [0.2, 0.25) is 0 Å². The third-order valence-corrected chi connectivity index (χ3v) is 5.73. The Morgan fingerprint density at radius 3 is 2.71 bits per heavy atom. The average Bonchev–Trinajstić information content (AvgIpc) is 2.84. The zero-order chi connectivity index (χ0) is 12.3. The molecule has 1 saturated carbocycles. The largest absolute Gasteiger partial charge is 0.206 e. The van der Waals surface area contributed by atoms with Gasteiger partial charge in [-0.2, -0.15) is 0 Å². The molecule has 1 aromatic carbocycles. The van der Waals surface area contributed by atoms with Crippen LogP contribution in [-0.4, -0.2) is 4.83 Å². The summed E-state index contributed by atoms with van der Waals surface area (Å²) in [6, 6.07) is 5.28. The van der Waals surface area contributed by atoms with Gasteiger partial charge in [-0.3, -0.25) is 0 Å². The molecule has 0 aliphatic heterocycles. The molecule has 94 valence electrons. The first-order valence-electron chi connectivity index (χ1n) is 6.25. The topological polar surface area (TPSA) is 0 Å². The molecule has 0 radical (unpaired) electrons. The third kappa shape index (κ3) is 3.54. The molecule has 1 atom stereocenters. The highest BCUT2D eigenvalue weighted by molar-refractivity contribution is 9.10. The molecule has 1 unspecified atom stereocenters. The van der Waals surface area contributed by atoms with E-state index in [2.05, 4.69) is 31.9 Å². The summed E-state index contributed by atoms with van der Waals surface area (Å²) >= 11 is 7.12. The van der Waals surface area contributed by atoms with Crippen LogP contribution in [0.4, 0.5) is 4.39 Å². The highest BCUT2D eigenvalue weighted by atomic mass is 79.9. The Kier molecular flexibility index (Phi) is 5.04. The molecule has 0 heterocycles. The fourth-order valence-corrected chi connectivity index (χ4v) is 3.81. The number of rotatable bonds is 4. The maximum Gasteiger partial charge on any atom is 0.137 e. The van der Waals surface area contributed by atoms with Crippen LogP contribution < -0.4 is 0 Å². The molecule has 2 rings (SSSR count). The van der Waals surface area contributed by atoms with Crippen LogP contribution in [-0.2, 0) is 6.42 Å². The van der Waals surface area contributed by atoms with Crippen molar-refractivity contribution in [2.75, 3.05) is 0 Å². The molecule has 1 fully saturated rings. The van der Waals surface area contributed by atoms with Crippen molar-refractivity contribution in [2.24, 2.45) is 5.92 Å². The summed E-state index contributed by atoms with van der Waals surface area (Å²) in [4.78, 5) is 0.583. The first kappa shape index (κ1) is 13.5. The predicted molar refractivity (Wildman–Crippen MR) is 77.1 cm³/mol. The minimum atomic E-state index is -0.158. The molecule has 0 nitrogen and oxygen atoms in total. The second-order valence-corrected chi connectivity index (χ2v) is 6.78. The van der Waals surface area contributed by atoms with Crippen molar-refractivity contribution in [2.45, 2.75) is 43.4 Å². The monoisotopic (exact) mass is 362 g/mol. The third-order valence-electron chi connectivity index (χ3n) is 3.63. The smallest absolute Gasteiger partial charge is 0.137 e. The van der Waals surface area contributed by atoms with Crippen molar-refractivity contribution >= 4 is 31.9 Å². The van der Waals surface area contributed by atoms with Crippen molar-refractivity contribution in [3.05, 3.63) is 34.1 Å². The van der Waals surface area contributed by atoms with E-state index in [1.54, 1.807) is 6.07 Å². The van der Waals surface area contributed by atoms with E-state index in [9.17, 15) is 4.39 Å². The lowest BCUT2D eigenvalue weighted by molar-refractivity contribution is 0.505. The van der Waals surface area contributed by atoms with Gasteiger partial charge in [0.1, 0.15) is 5.82 Å². The summed E-state index contributed by atoms with van der Waals surface area (Å²) in [5.74, 6) is 0.664. The van der Waals surface area contributed by atoms with Gasteiger partial charge in [-0.1, -0.05) is 40.9 Å². The second-order valence-electron chi connectivity index (χ2n) is 4.81. The Balaban J connectivity index is 1.90. The maximum atomic E-state index is 13.3. The van der Waals surface area contributed by atoms with Gasteiger partial charge in [-0.15, -0.1) is 0 Å². The second kappa shape index (κ2) is 6.33.